The first-order valence-electron chi connectivity index (χ1n) is 5.29. The first-order chi connectivity index (χ1) is 8.58. The molecule has 0 aliphatic rings. The molecule has 1 aromatic heterocycles. The molecule has 0 spiro atoms. The molecule has 0 radical (unpaired) electrons. The topological polar surface area (TPSA) is 69.2 Å². The fourth-order valence-corrected chi connectivity index (χ4v) is 2.22. The van der Waals surface area contributed by atoms with Crippen molar-refractivity contribution in [3.8, 4) is 0 Å². The predicted molar refractivity (Wildman–Crippen MR) is 65.2 cm³/mol. The van der Waals surface area contributed by atoms with E-state index in [-0.39, 0.29) is 11.5 Å². The molecule has 0 saturated carbocycles. The van der Waals surface area contributed by atoms with Crippen molar-refractivity contribution in [1.82, 2.24) is 10.2 Å². The van der Waals surface area contributed by atoms with Crippen molar-refractivity contribution in [2.75, 3.05) is 0 Å². The quantitative estimate of drug-likeness (QED) is 0.786. The van der Waals surface area contributed by atoms with Crippen LogP contribution in [-0.2, 0) is 20.9 Å². The van der Waals surface area contributed by atoms with E-state index in [2.05, 4.69) is 10.2 Å². The molecule has 0 aliphatic carbocycles. The summed E-state index contributed by atoms with van der Waals surface area (Å²) in [7, 11) is -3.72. The van der Waals surface area contributed by atoms with Crippen molar-refractivity contribution in [1.29, 1.82) is 0 Å². The molecule has 5 nitrogen and oxygen atoms in total. The summed E-state index contributed by atoms with van der Waals surface area (Å²) in [6.07, 6.45) is 2.95. The number of aromatic nitrogens is 2. The molecule has 18 heavy (non-hydrogen) atoms. The van der Waals surface area contributed by atoms with Crippen molar-refractivity contribution in [3.05, 3.63) is 53.9 Å². The van der Waals surface area contributed by atoms with Crippen LogP contribution in [0.15, 0.2) is 47.6 Å². The molecule has 0 fully saturated rings. The van der Waals surface area contributed by atoms with Crippen molar-refractivity contribution >= 4 is 10.1 Å². The molecule has 1 heterocycles. The molecule has 0 unspecified atom stereocenters. The third kappa shape index (κ3) is 3.12. The molecule has 0 saturated heterocycles. The van der Waals surface area contributed by atoms with Crippen LogP contribution in [0.1, 0.15) is 11.1 Å². The van der Waals surface area contributed by atoms with Crippen LogP contribution in [0.5, 0.6) is 0 Å². The highest BCUT2D eigenvalue weighted by molar-refractivity contribution is 7.86. The van der Waals surface area contributed by atoms with E-state index in [1.165, 1.54) is 24.5 Å². The van der Waals surface area contributed by atoms with Gasteiger partial charge in [0.05, 0.1) is 17.7 Å². The number of rotatable bonds is 4. The highest BCUT2D eigenvalue weighted by atomic mass is 32.2. The van der Waals surface area contributed by atoms with Gasteiger partial charge in [-0.3, -0.25) is 4.18 Å². The lowest BCUT2D eigenvalue weighted by atomic mass is 10.2. The van der Waals surface area contributed by atoms with Gasteiger partial charge in [-0.1, -0.05) is 17.7 Å². The van der Waals surface area contributed by atoms with Gasteiger partial charge in [-0.15, -0.1) is 0 Å². The van der Waals surface area contributed by atoms with E-state index in [9.17, 15) is 8.42 Å². The summed E-state index contributed by atoms with van der Waals surface area (Å²) in [6.45, 7) is 1.84. The smallest absolute Gasteiger partial charge is 0.261 e. The molecular weight excluding hydrogens is 252 g/mol. The molecule has 0 atom stereocenters. The van der Waals surface area contributed by atoms with E-state index < -0.39 is 10.1 Å². The zero-order valence-corrected chi connectivity index (χ0v) is 10.6. The summed E-state index contributed by atoms with van der Waals surface area (Å²) in [5.41, 5.74) is 1.65. The first-order valence-corrected chi connectivity index (χ1v) is 6.70. The first kappa shape index (κ1) is 12.7. The van der Waals surface area contributed by atoms with E-state index in [1.807, 2.05) is 6.92 Å². The summed E-state index contributed by atoms with van der Waals surface area (Å²) in [6, 6.07) is 8.15. The second-order valence-corrected chi connectivity index (χ2v) is 5.40. The van der Waals surface area contributed by atoms with E-state index >= 15 is 0 Å². The third-order valence-electron chi connectivity index (χ3n) is 2.34. The number of hydrogen-bond donors (Lipinski definition) is 0. The van der Waals surface area contributed by atoms with Crippen LogP contribution in [0.25, 0.3) is 0 Å². The number of aryl methyl sites for hydroxylation is 1. The molecule has 1 aromatic carbocycles. The minimum atomic E-state index is -3.72. The van der Waals surface area contributed by atoms with Crippen LogP contribution in [-0.4, -0.2) is 18.6 Å². The standard InChI is InChI=1S/C12H12N2O3S/c1-10-2-4-12(5-3-10)18(15,16)17-9-11-6-7-13-14-8-11/h2-8H,9H2,1H3. The Bertz CT molecular complexity index is 610. The minimum Gasteiger partial charge on any atom is -0.261 e. The van der Waals surface area contributed by atoms with Gasteiger partial charge in [0.1, 0.15) is 0 Å². The lowest BCUT2D eigenvalue weighted by molar-refractivity contribution is 0.307. The van der Waals surface area contributed by atoms with Crippen LogP contribution in [0, 0.1) is 6.92 Å². The highest BCUT2D eigenvalue weighted by Gasteiger charge is 2.14. The Balaban J connectivity index is 2.11. The summed E-state index contributed by atoms with van der Waals surface area (Å²) < 4.78 is 28.7. The van der Waals surface area contributed by atoms with Crippen LogP contribution in [0.3, 0.4) is 0 Å². The largest absolute Gasteiger partial charge is 0.297 e. The van der Waals surface area contributed by atoms with E-state index in [0.717, 1.165) is 5.56 Å². The average molecular weight is 264 g/mol. The second kappa shape index (κ2) is 5.24. The Morgan fingerprint density at radius 1 is 1.11 bits per heavy atom. The maximum atomic E-state index is 11.9. The van der Waals surface area contributed by atoms with Gasteiger partial charge in [-0.2, -0.15) is 18.6 Å². The Morgan fingerprint density at radius 3 is 2.44 bits per heavy atom. The Morgan fingerprint density at radius 2 is 1.83 bits per heavy atom. The van der Waals surface area contributed by atoms with Crippen LogP contribution in [0.2, 0.25) is 0 Å². The molecular formula is C12H12N2O3S. The third-order valence-corrected chi connectivity index (χ3v) is 3.61. The molecule has 0 bridgehead atoms. The van der Waals surface area contributed by atoms with Crippen molar-refractivity contribution in [3.63, 3.8) is 0 Å². The molecule has 2 rings (SSSR count). The summed E-state index contributed by atoms with van der Waals surface area (Å²) in [4.78, 5) is 0.148. The molecule has 0 aliphatic heterocycles. The Labute approximate surface area is 106 Å². The fourth-order valence-electron chi connectivity index (χ4n) is 1.32. The lowest BCUT2D eigenvalue weighted by Gasteiger charge is -2.05. The highest BCUT2D eigenvalue weighted by Crippen LogP contribution is 2.14. The Kier molecular flexibility index (Phi) is 3.69. The lowest BCUT2D eigenvalue weighted by Crippen LogP contribution is -2.06. The van der Waals surface area contributed by atoms with Crippen LogP contribution < -0.4 is 0 Å². The molecule has 6 heteroatoms. The SMILES string of the molecule is Cc1ccc(S(=O)(=O)OCc2ccnnc2)cc1. The molecule has 0 N–H and O–H groups in total. The van der Waals surface area contributed by atoms with Gasteiger partial charge in [0.15, 0.2) is 0 Å². The monoisotopic (exact) mass is 264 g/mol. The van der Waals surface area contributed by atoms with Gasteiger partial charge in [0.25, 0.3) is 10.1 Å². The van der Waals surface area contributed by atoms with Gasteiger partial charge in [-0.25, -0.2) is 0 Å². The molecule has 2 aromatic rings. The number of benzene rings is 1. The number of hydrogen-bond acceptors (Lipinski definition) is 5. The van der Waals surface area contributed by atoms with Crippen molar-refractivity contribution in [2.45, 2.75) is 18.4 Å². The van der Waals surface area contributed by atoms with Gasteiger partial charge < -0.3 is 0 Å². The predicted octanol–water partition coefficient (Wildman–Crippen LogP) is 1.69. The van der Waals surface area contributed by atoms with Crippen LogP contribution >= 0.6 is 0 Å². The van der Waals surface area contributed by atoms with E-state index in [1.54, 1.807) is 18.2 Å². The zero-order valence-electron chi connectivity index (χ0n) is 9.78. The molecule has 94 valence electrons. The zero-order chi connectivity index (χ0) is 13.0. The minimum absolute atomic E-state index is 0.0499. The number of nitrogens with zero attached hydrogens (tertiary/aromatic N) is 2. The Hall–Kier alpha value is -1.79. The second-order valence-electron chi connectivity index (χ2n) is 3.78. The fraction of sp³-hybridized carbons (Fsp3) is 0.167. The average Bonchev–Trinajstić information content (AvgIpc) is 2.38. The van der Waals surface area contributed by atoms with E-state index in [4.69, 9.17) is 4.18 Å². The maximum absolute atomic E-state index is 11.9. The normalized spacial score (nSPS) is 11.4. The van der Waals surface area contributed by atoms with Gasteiger partial charge >= 0.3 is 0 Å². The van der Waals surface area contributed by atoms with Gasteiger partial charge in [0.2, 0.25) is 0 Å². The van der Waals surface area contributed by atoms with E-state index in [0.29, 0.717) is 5.56 Å². The van der Waals surface area contributed by atoms with Crippen molar-refractivity contribution in [2.24, 2.45) is 0 Å². The van der Waals surface area contributed by atoms with Crippen molar-refractivity contribution < 1.29 is 12.6 Å². The maximum Gasteiger partial charge on any atom is 0.297 e. The summed E-state index contributed by atoms with van der Waals surface area (Å²) >= 11 is 0. The summed E-state index contributed by atoms with van der Waals surface area (Å²) in [5.74, 6) is 0. The van der Waals surface area contributed by atoms with Gasteiger partial charge in [-0.05, 0) is 25.1 Å². The molecule has 0 amide bonds. The summed E-state index contributed by atoms with van der Waals surface area (Å²) in [5, 5.41) is 7.25. The van der Waals surface area contributed by atoms with Crippen LogP contribution in [0.4, 0.5) is 0 Å². The van der Waals surface area contributed by atoms with Gasteiger partial charge in [0, 0.05) is 11.8 Å².